The molecule has 2 aliphatic rings. The molecule has 0 unspecified atom stereocenters. The molecule has 1 amide bonds. The van der Waals surface area contributed by atoms with E-state index in [9.17, 15) is 26.4 Å². The third kappa shape index (κ3) is 5.15. The minimum absolute atomic E-state index is 0.0115. The van der Waals surface area contributed by atoms with Gasteiger partial charge >= 0.3 is 6.18 Å². The minimum atomic E-state index is -4.78. The van der Waals surface area contributed by atoms with Crippen LogP contribution in [0.5, 0.6) is 0 Å². The third-order valence-electron chi connectivity index (χ3n) is 5.75. The summed E-state index contributed by atoms with van der Waals surface area (Å²) < 4.78 is 68.6. The van der Waals surface area contributed by atoms with Crippen molar-refractivity contribution in [1.82, 2.24) is 14.9 Å². The Hall–Kier alpha value is -1.65. The molecule has 2 saturated heterocycles. The van der Waals surface area contributed by atoms with Crippen LogP contribution in [0.3, 0.4) is 0 Å². The van der Waals surface area contributed by atoms with E-state index < -0.39 is 32.7 Å². The normalized spacial score (nSPS) is 21.4. The Labute approximate surface area is 175 Å². The van der Waals surface area contributed by atoms with Gasteiger partial charge in [-0.1, -0.05) is 19.9 Å². The number of rotatable bonds is 5. The molecule has 1 aromatic carbocycles. The SMILES string of the molecule is CC(C)c1ccc(S(=O)(=O)NC2CCN(C(=O)[C@H]3CCCN3)CC2)c(C(F)(F)F)c1. The summed E-state index contributed by atoms with van der Waals surface area (Å²) in [6.45, 7) is 5.06. The van der Waals surface area contributed by atoms with Crippen LogP contribution in [-0.2, 0) is 21.0 Å². The molecule has 30 heavy (non-hydrogen) atoms. The number of sulfonamides is 1. The number of amides is 1. The quantitative estimate of drug-likeness (QED) is 0.728. The maximum absolute atomic E-state index is 13.5. The largest absolute Gasteiger partial charge is 0.417 e. The zero-order valence-corrected chi connectivity index (χ0v) is 17.9. The Balaban J connectivity index is 1.71. The van der Waals surface area contributed by atoms with E-state index in [1.807, 2.05) is 0 Å². The first-order valence-electron chi connectivity index (χ1n) is 10.2. The van der Waals surface area contributed by atoms with Crippen molar-refractivity contribution in [2.24, 2.45) is 0 Å². The molecule has 0 bridgehead atoms. The van der Waals surface area contributed by atoms with Gasteiger partial charge in [0, 0.05) is 19.1 Å². The molecule has 1 atom stereocenters. The van der Waals surface area contributed by atoms with E-state index in [0.29, 0.717) is 31.5 Å². The summed E-state index contributed by atoms with van der Waals surface area (Å²) in [5, 5.41) is 3.15. The molecule has 2 fully saturated rings. The number of carbonyl (C=O) groups excluding carboxylic acids is 1. The van der Waals surface area contributed by atoms with Gasteiger partial charge in [-0.2, -0.15) is 13.2 Å². The Morgan fingerprint density at radius 3 is 2.40 bits per heavy atom. The standard InChI is InChI=1S/C20H28F3N3O3S/c1-13(2)14-5-6-18(16(12-14)20(21,22)23)30(28,29)25-15-7-10-26(11-8-15)19(27)17-4-3-9-24-17/h5-6,12-13,15,17,24-25H,3-4,7-11H2,1-2H3/t17-/m1/s1. The Kier molecular flexibility index (Phi) is 6.78. The molecular formula is C20H28F3N3O3S. The summed E-state index contributed by atoms with van der Waals surface area (Å²) in [6.07, 6.45) is -2.31. The van der Waals surface area contributed by atoms with Crippen LogP contribution in [0.1, 0.15) is 56.6 Å². The topological polar surface area (TPSA) is 78.5 Å². The zero-order chi connectivity index (χ0) is 22.1. The average molecular weight is 448 g/mol. The molecule has 2 aliphatic heterocycles. The fourth-order valence-corrected chi connectivity index (χ4v) is 5.49. The number of piperidine rings is 1. The summed E-state index contributed by atoms with van der Waals surface area (Å²) in [5.74, 6) is -0.149. The van der Waals surface area contributed by atoms with E-state index in [1.165, 1.54) is 6.07 Å². The summed E-state index contributed by atoms with van der Waals surface area (Å²) in [7, 11) is -4.36. The number of carbonyl (C=O) groups is 1. The van der Waals surface area contributed by atoms with Crippen LogP contribution in [0.2, 0.25) is 0 Å². The molecule has 0 spiro atoms. The van der Waals surface area contributed by atoms with Crippen LogP contribution in [0.25, 0.3) is 0 Å². The highest BCUT2D eigenvalue weighted by molar-refractivity contribution is 7.89. The number of hydrogen-bond acceptors (Lipinski definition) is 4. The van der Waals surface area contributed by atoms with Gasteiger partial charge in [0.2, 0.25) is 15.9 Å². The summed E-state index contributed by atoms with van der Waals surface area (Å²) >= 11 is 0. The highest BCUT2D eigenvalue weighted by atomic mass is 32.2. The van der Waals surface area contributed by atoms with Crippen LogP contribution in [0.4, 0.5) is 13.2 Å². The molecule has 6 nitrogen and oxygen atoms in total. The zero-order valence-electron chi connectivity index (χ0n) is 17.1. The van der Waals surface area contributed by atoms with Crippen molar-refractivity contribution in [3.63, 3.8) is 0 Å². The first-order valence-corrected chi connectivity index (χ1v) is 11.7. The molecule has 2 heterocycles. The van der Waals surface area contributed by atoms with Crippen LogP contribution in [0.15, 0.2) is 23.1 Å². The molecule has 10 heteroatoms. The number of alkyl halides is 3. The molecule has 0 aliphatic carbocycles. The summed E-state index contributed by atoms with van der Waals surface area (Å²) in [4.78, 5) is 13.4. The van der Waals surface area contributed by atoms with Gasteiger partial charge in [-0.05, 0) is 55.8 Å². The lowest BCUT2D eigenvalue weighted by Gasteiger charge is -2.34. The van der Waals surface area contributed by atoms with E-state index >= 15 is 0 Å². The smallest absolute Gasteiger partial charge is 0.341 e. The van der Waals surface area contributed by atoms with Gasteiger partial charge in [0.15, 0.2) is 0 Å². The van der Waals surface area contributed by atoms with Crippen molar-refractivity contribution in [3.05, 3.63) is 29.3 Å². The first-order chi connectivity index (χ1) is 14.0. The maximum atomic E-state index is 13.5. The van der Waals surface area contributed by atoms with Gasteiger partial charge in [0.25, 0.3) is 0 Å². The van der Waals surface area contributed by atoms with Crippen molar-refractivity contribution in [2.45, 2.75) is 68.6 Å². The third-order valence-corrected chi connectivity index (χ3v) is 7.33. The minimum Gasteiger partial charge on any atom is -0.341 e. The fraction of sp³-hybridized carbons (Fsp3) is 0.650. The van der Waals surface area contributed by atoms with Crippen molar-refractivity contribution in [1.29, 1.82) is 0 Å². The number of nitrogens with one attached hydrogen (secondary N) is 2. The van der Waals surface area contributed by atoms with Gasteiger partial charge in [0.1, 0.15) is 0 Å². The lowest BCUT2D eigenvalue weighted by molar-refractivity contribution is -0.140. The second kappa shape index (κ2) is 8.84. The molecular weight excluding hydrogens is 419 g/mol. The second-order valence-electron chi connectivity index (χ2n) is 8.28. The predicted octanol–water partition coefficient (Wildman–Crippen LogP) is 2.85. The Morgan fingerprint density at radius 1 is 1.20 bits per heavy atom. The van der Waals surface area contributed by atoms with Gasteiger partial charge in [-0.3, -0.25) is 4.79 Å². The first kappa shape index (κ1) is 23.0. The lowest BCUT2D eigenvalue weighted by Crippen LogP contribution is -2.50. The highest BCUT2D eigenvalue weighted by Crippen LogP contribution is 2.36. The summed E-state index contributed by atoms with van der Waals surface area (Å²) in [5.41, 5.74) is -0.727. The second-order valence-corrected chi connectivity index (χ2v) is 9.96. The molecule has 1 aromatic rings. The number of benzene rings is 1. The molecule has 0 aromatic heterocycles. The number of likely N-dealkylation sites (tertiary alicyclic amines) is 1. The Bertz CT molecular complexity index is 873. The monoisotopic (exact) mass is 447 g/mol. The van der Waals surface area contributed by atoms with E-state index in [1.54, 1.807) is 18.7 Å². The highest BCUT2D eigenvalue weighted by Gasteiger charge is 2.39. The van der Waals surface area contributed by atoms with E-state index in [4.69, 9.17) is 0 Å². The lowest BCUT2D eigenvalue weighted by atomic mass is 10.0. The molecule has 2 N–H and O–H groups in total. The van der Waals surface area contributed by atoms with Crippen LogP contribution in [0, 0.1) is 0 Å². The van der Waals surface area contributed by atoms with E-state index in [2.05, 4.69) is 10.0 Å². The van der Waals surface area contributed by atoms with Crippen molar-refractivity contribution < 1.29 is 26.4 Å². The van der Waals surface area contributed by atoms with E-state index in [0.717, 1.165) is 31.5 Å². The maximum Gasteiger partial charge on any atom is 0.417 e. The average Bonchev–Trinajstić information content (AvgIpc) is 3.21. The van der Waals surface area contributed by atoms with Crippen LogP contribution >= 0.6 is 0 Å². The molecule has 0 saturated carbocycles. The fourth-order valence-electron chi connectivity index (χ4n) is 3.98. The molecule has 0 radical (unpaired) electrons. The Morgan fingerprint density at radius 2 is 1.87 bits per heavy atom. The van der Waals surface area contributed by atoms with Crippen molar-refractivity contribution in [3.8, 4) is 0 Å². The van der Waals surface area contributed by atoms with Gasteiger partial charge in [-0.25, -0.2) is 13.1 Å². The van der Waals surface area contributed by atoms with Crippen molar-refractivity contribution >= 4 is 15.9 Å². The number of hydrogen-bond donors (Lipinski definition) is 2. The number of halogens is 3. The molecule has 3 rings (SSSR count). The summed E-state index contributed by atoms with van der Waals surface area (Å²) in [6, 6.07) is 2.66. The van der Waals surface area contributed by atoms with Crippen LogP contribution in [-0.4, -0.2) is 50.9 Å². The van der Waals surface area contributed by atoms with E-state index in [-0.39, 0.29) is 17.9 Å². The van der Waals surface area contributed by atoms with Gasteiger partial charge < -0.3 is 10.2 Å². The van der Waals surface area contributed by atoms with Gasteiger partial charge in [0.05, 0.1) is 16.5 Å². The van der Waals surface area contributed by atoms with Crippen LogP contribution < -0.4 is 10.0 Å². The number of nitrogens with zero attached hydrogens (tertiary/aromatic N) is 1. The van der Waals surface area contributed by atoms with Gasteiger partial charge in [-0.15, -0.1) is 0 Å². The molecule has 168 valence electrons. The predicted molar refractivity (Wildman–Crippen MR) is 106 cm³/mol. The van der Waals surface area contributed by atoms with Crippen molar-refractivity contribution in [2.75, 3.05) is 19.6 Å².